The number of H-pyrrole nitrogens is 1. The van der Waals surface area contributed by atoms with Crippen LogP contribution in [0.2, 0.25) is 0 Å². The van der Waals surface area contributed by atoms with Crippen LogP contribution in [0.5, 0.6) is 0 Å². The molecule has 0 atom stereocenters. The molecule has 0 unspecified atom stereocenters. The maximum absolute atomic E-state index is 5.64. The number of aliphatic imine (C=N–C) groups is 1. The van der Waals surface area contributed by atoms with Gasteiger partial charge in [-0.1, -0.05) is 0 Å². The minimum absolute atomic E-state index is 0.184. The van der Waals surface area contributed by atoms with E-state index in [9.17, 15) is 0 Å². The summed E-state index contributed by atoms with van der Waals surface area (Å²) in [5.74, 6) is 0.907. The van der Waals surface area contributed by atoms with Crippen molar-refractivity contribution in [3.05, 3.63) is 12.2 Å². The summed E-state index contributed by atoms with van der Waals surface area (Å²) in [5, 5.41) is 6.32. The summed E-state index contributed by atoms with van der Waals surface area (Å²) < 4.78 is 0. The van der Waals surface area contributed by atoms with Crippen molar-refractivity contribution in [3.63, 3.8) is 0 Å². The lowest BCUT2D eigenvalue weighted by Crippen LogP contribution is -2.22. The smallest absolute Gasteiger partial charge is 0.190 e. The van der Waals surface area contributed by atoms with Crippen LogP contribution < -0.4 is 5.73 Å². The third kappa shape index (κ3) is 2.34. The molecule has 0 amide bonds. The van der Waals surface area contributed by atoms with Crippen molar-refractivity contribution in [2.45, 2.75) is 26.3 Å². The predicted molar refractivity (Wildman–Crippen MR) is 46.9 cm³/mol. The summed E-state index contributed by atoms with van der Waals surface area (Å²) in [6, 6.07) is 0. The Labute approximate surface area is 71.1 Å². The molecule has 0 saturated carbocycles. The number of hydrogen-bond donors (Lipinski definition) is 2. The molecule has 0 bridgehead atoms. The van der Waals surface area contributed by atoms with Gasteiger partial charge in [0.15, 0.2) is 11.7 Å². The molecule has 5 heteroatoms. The van der Waals surface area contributed by atoms with Crippen LogP contribution in [0.1, 0.15) is 26.6 Å². The molecular weight excluding hydrogens is 154 g/mol. The molecule has 0 aliphatic heterocycles. The Morgan fingerprint density at radius 1 is 1.58 bits per heavy atom. The van der Waals surface area contributed by atoms with Crippen LogP contribution in [0.25, 0.3) is 0 Å². The third-order valence-electron chi connectivity index (χ3n) is 1.11. The van der Waals surface area contributed by atoms with E-state index in [0.29, 0.717) is 11.7 Å². The van der Waals surface area contributed by atoms with E-state index in [2.05, 4.69) is 20.2 Å². The van der Waals surface area contributed by atoms with Crippen molar-refractivity contribution in [3.8, 4) is 0 Å². The maximum Gasteiger partial charge on any atom is 0.190 e. The van der Waals surface area contributed by atoms with Crippen molar-refractivity contribution in [2.24, 2.45) is 10.7 Å². The highest BCUT2D eigenvalue weighted by Crippen LogP contribution is 2.06. The van der Waals surface area contributed by atoms with E-state index < -0.39 is 0 Å². The third-order valence-corrected chi connectivity index (χ3v) is 1.11. The van der Waals surface area contributed by atoms with Gasteiger partial charge in [-0.05, 0) is 20.8 Å². The zero-order valence-electron chi connectivity index (χ0n) is 7.50. The van der Waals surface area contributed by atoms with E-state index in [1.807, 2.05) is 20.8 Å². The predicted octanol–water partition coefficient (Wildman–Crippen LogP) is 0.309. The first-order chi connectivity index (χ1) is 5.49. The molecule has 0 radical (unpaired) electrons. The molecule has 0 aromatic carbocycles. The first kappa shape index (κ1) is 8.70. The summed E-state index contributed by atoms with van der Waals surface area (Å²) in [7, 11) is 0. The molecule has 66 valence electrons. The van der Waals surface area contributed by atoms with Gasteiger partial charge >= 0.3 is 0 Å². The molecule has 0 aliphatic rings. The zero-order valence-corrected chi connectivity index (χ0v) is 7.50. The maximum atomic E-state index is 5.64. The second-order valence-electron chi connectivity index (χ2n) is 3.50. The van der Waals surface area contributed by atoms with E-state index >= 15 is 0 Å². The van der Waals surface area contributed by atoms with Gasteiger partial charge in [0.1, 0.15) is 6.33 Å². The van der Waals surface area contributed by atoms with Crippen LogP contribution >= 0.6 is 0 Å². The van der Waals surface area contributed by atoms with Crippen molar-refractivity contribution < 1.29 is 0 Å². The van der Waals surface area contributed by atoms with Gasteiger partial charge in [-0.15, -0.1) is 0 Å². The minimum Gasteiger partial charge on any atom is -0.381 e. The minimum atomic E-state index is -0.184. The Kier molecular flexibility index (Phi) is 2.12. The van der Waals surface area contributed by atoms with Crippen molar-refractivity contribution in [1.29, 1.82) is 0 Å². The van der Waals surface area contributed by atoms with Gasteiger partial charge in [0.25, 0.3) is 0 Å². The molecule has 5 nitrogen and oxygen atoms in total. The molecule has 1 aromatic heterocycles. The Hall–Kier alpha value is -1.39. The van der Waals surface area contributed by atoms with Crippen molar-refractivity contribution in [2.75, 3.05) is 0 Å². The topological polar surface area (TPSA) is 79.9 Å². The summed E-state index contributed by atoms with van der Waals surface area (Å²) in [6.45, 7) is 5.91. The van der Waals surface area contributed by atoms with Gasteiger partial charge in [-0.25, -0.2) is 4.98 Å². The molecule has 12 heavy (non-hydrogen) atoms. The largest absolute Gasteiger partial charge is 0.381 e. The lowest BCUT2D eigenvalue weighted by molar-refractivity contribution is 0.582. The molecule has 0 saturated heterocycles. The molecule has 0 fully saturated rings. The fourth-order valence-electron chi connectivity index (χ4n) is 0.743. The van der Waals surface area contributed by atoms with Gasteiger partial charge in [0.05, 0.1) is 5.54 Å². The number of nitrogens with zero attached hydrogens (tertiary/aromatic N) is 3. The van der Waals surface area contributed by atoms with E-state index in [1.165, 1.54) is 6.33 Å². The zero-order chi connectivity index (χ0) is 9.19. The average Bonchev–Trinajstić information content (AvgIpc) is 2.32. The van der Waals surface area contributed by atoms with Gasteiger partial charge in [-0.2, -0.15) is 5.10 Å². The first-order valence-electron chi connectivity index (χ1n) is 3.70. The number of amidine groups is 1. The normalized spacial score (nSPS) is 13.4. The monoisotopic (exact) mass is 167 g/mol. The molecular formula is C7H13N5. The van der Waals surface area contributed by atoms with Crippen LogP contribution in [0.4, 0.5) is 0 Å². The second kappa shape index (κ2) is 2.92. The lowest BCUT2D eigenvalue weighted by atomic mass is 10.1. The highest BCUT2D eigenvalue weighted by Gasteiger charge is 2.10. The summed E-state index contributed by atoms with van der Waals surface area (Å²) in [5.41, 5.74) is 5.46. The van der Waals surface area contributed by atoms with E-state index in [0.717, 1.165) is 0 Å². The Morgan fingerprint density at radius 2 is 2.25 bits per heavy atom. The Bertz CT molecular complexity index is 266. The lowest BCUT2D eigenvalue weighted by Gasteiger charge is -2.12. The van der Waals surface area contributed by atoms with E-state index in [4.69, 9.17) is 5.73 Å². The van der Waals surface area contributed by atoms with Gasteiger partial charge in [0.2, 0.25) is 0 Å². The van der Waals surface area contributed by atoms with Gasteiger partial charge in [0, 0.05) is 0 Å². The van der Waals surface area contributed by atoms with Crippen LogP contribution in [0, 0.1) is 0 Å². The fourth-order valence-corrected chi connectivity index (χ4v) is 0.743. The molecule has 0 aliphatic carbocycles. The molecule has 1 heterocycles. The molecule has 3 N–H and O–H groups in total. The van der Waals surface area contributed by atoms with Crippen LogP contribution in [-0.2, 0) is 0 Å². The highest BCUT2D eigenvalue weighted by atomic mass is 15.2. The van der Waals surface area contributed by atoms with Crippen LogP contribution in [-0.4, -0.2) is 26.6 Å². The first-order valence-corrected chi connectivity index (χ1v) is 3.70. The van der Waals surface area contributed by atoms with Crippen LogP contribution in [0.3, 0.4) is 0 Å². The van der Waals surface area contributed by atoms with E-state index in [1.54, 1.807) is 0 Å². The number of aromatic amines is 1. The highest BCUT2D eigenvalue weighted by molar-refractivity contribution is 5.93. The Morgan fingerprint density at radius 3 is 2.67 bits per heavy atom. The fraction of sp³-hybridized carbons (Fsp3) is 0.571. The molecule has 1 aromatic rings. The number of nitrogens with one attached hydrogen (secondary N) is 1. The number of aromatic nitrogens is 3. The molecule has 0 spiro atoms. The molecule has 1 rings (SSSR count). The van der Waals surface area contributed by atoms with E-state index in [-0.39, 0.29) is 5.54 Å². The second-order valence-corrected chi connectivity index (χ2v) is 3.50. The van der Waals surface area contributed by atoms with Crippen molar-refractivity contribution >= 4 is 5.84 Å². The van der Waals surface area contributed by atoms with Crippen molar-refractivity contribution in [1.82, 2.24) is 15.2 Å². The number of rotatable bonds is 1. The Balaban J connectivity index is 2.85. The SMILES string of the molecule is CC(C)(C)N=C(N)c1ncn[nH]1. The van der Waals surface area contributed by atoms with Crippen LogP contribution in [0.15, 0.2) is 11.3 Å². The quantitative estimate of drug-likeness (QED) is 0.466. The number of nitrogens with two attached hydrogens (primary N) is 1. The van der Waals surface area contributed by atoms with Gasteiger partial charge < -0.3 is 5.73 Å². The number of hydrogen-bond acceptors (Lipinski definition) is 3. The summed E-state index contributed by atoms with van der Waals surface area (Å²) in [4.78, 5) is 8.09. The van der Waals surface area contributed by atoms with Gasteiger partial charge in [-0.3, -0.25) is 10.1 Å². The average molecular weight is 167 g/mol. The standard InChI is InChI=1S/C7H13N5/c1-7(2,3)11-5(8)6-9-4-10-12-6/h4H,1-3H3,(H2,8,11)(H,9,10,12). The summed E-state index contributed by atoms with van der Waals surface area (Å²) >= 11 is 0. The summed E-state index contributed by atoms with van der Waals surface area (Å²) in [6.07, 6.45) is 1.40.